The van der Waals surface area contributed by atoms with E-state index in [1.54, 1.807) is 18.6 Å². The Labute approximate surface area is 211 Å². The number of ether oxygens (including phenoxy) is 1. The van der Waals surface area contributed by atoms with Gasteiger partial charge in [0, 0.05) is 53.9 Å². The average Bonchev–Trinajstić information content (AvgIpc) is 3.40. The first kappa shape index (κ1) is 24.7. The molecule has 1 fully saturated rings. The van der Waals surface area contributed by atoms with Crippen LogP contribution < -0.4 is 15.0 Å². The SMILES string of the molecule is C=CN(/C=C\C)c1cc(C)nc2c(OCc3c(Cl)cncc3CNC(=O)C3CCCC3)cccc12. The fourth-order valence-corrected chi connectivity index (χ4v) is 4.77. The molecule has 0 unspecified atom stereocenters. The lowest BCUT2D eigenvalue weighted by atomic mass is 10.1. The first-order chi connectivity index (χ1) is 17.0. The lowest BCUT2D eigenvalue weighted by Crippen LogP contribution is -2.29. The molecule has 6 nitrogen and oxygen atoms in total. The van der Waals surface area contributed by atoms with Crippen LogP contribution in [0.2, 0.25) is 5.02 Å². The van der Waals surface area contributed by atoms with E-state index in [1.807, 2.05) is 55.3 Å². The predicted molar refractivity (Wildman–Crippen MR) is 141 cm³/mol. The van der Waals surface area contributed by atoms with Crippen molar-refractivity contribution in [3.05, 3.63) is 83.6 Å². The molecule has 0 atom stereocenters. The normalized spacial score (nSPS) is 13.9. The van der Waals surface area contributed by atoms with Crippen LogP contribution in [0.4, 0.5) is 5.69 Å². The highest BCUT2D eigenvalue weighted by atomic mass is 35.5. The lowest BCUT2D eigenvalue weighted by Gasteiger charge is -2.19. The fourth-order valence-electron chi connectivity index (χ4n) is 4.54. The zero-order chi connectivity index (χ0) is 24.8. The summed E-state index contributed by atoms with van der Waals surface area (Å²) in [6.45, 7) is 8.47. The second-order valence-corrected chi connectivity index (χ2v) is 9.16. The van der Waals surface area contributed by atoms with Crippen LogP contribution in [0.25, 0.3) is 10.9 Å². The highest BCUT2D eigenvalue weighted by molar-refractivity contribution is 6.31. The smallest absolute Gasteiger partial charge is 0.223 e. The number of benzene rings is 1. The van der Waals surface area contributed by atoms with Crippen LogP contribution in [0.3, 0.4) is 0 Å². The molecule has 1 aliphatic rings. The van der Waals surface area contributed by atoms with Gasteiger partial charge >= 0.3 is 0 Å². The van der Waals surface area contributed by atoms with Gasteiger partial charge in [-0.2, -0.15) is 0 Å². The molecule has 0 spiro atoms. The van der Waals surface area contributed by atoms with E-state index >= 15 is 0 Å². The minimum atomic E-state index is 0.100. The Balaban J connectivity index is 1.58. The number of nitrogens with one attached hydrogen (secondary N) is 1. The summed E-state index contributed by atoms with van der Waals surface area (Å²) < 4.78 is 6.27. The monoisotopic (exact) mass is 490 g/mol. The number of pyridine rings is 2. The molecule has 4 rings (SSSR count). The van der Waals surface area contributed by atoms with E-state index in [4.69, 9.17) is 21.3 Å². The van der Waals surface area contributed by atoms with Crippen molar-refractivity contribution in [1.82, 2.24) is 15.3 Å². The maximum absolute atomic E-state index is 12.5. The van der Waals surface area contributed by atoms with Crippen LogP contribution in [0.1, 0.15) is 49.4 Å². The van der Waals surface area contributed by atoms with Crippen molar-refractivity contribution < 1.29 is 9.53 Å². The Morgan fingerprint density at radius 3 is 2.86 bits per heavy atom. The van der Waals surface area contributed by atoms with Gasteiger partial charge in [-0.25, -0.2) is 4.98 Å². The van der Waals surface area contributed by atoms with E-state index in [2.05, 4.69) is 16.9 Å². The molecule has 0 aliphatic heterocycles. The largest absolute Gasteiger partial charge is 0.487 e. The number of carbonyl (C=O) groups excluding carboxylic acids is 1. The molecule has 0 saturated heterocycles. The summed E-state index contributed by atoms with van der Waals surface area (Å²) in [5, 5.41) is 4.52. The van der Waals surface area contributed by atoms with Crippen molar-refractivity contribution in [2.24, 2.45) is 5.92 Å². The molecule has 3 aromatic rings. The summed E-state index contributed by atoms with van der Waals surface area (Å²) in [6.07, 6.45) is 13.2. The van der Waals surface area contributed by atoms with Gasteiger partial charge in [0.15, 0.2) is 0 Å². The molecule has 7 heteroatoms. The number of fused-ring (bicyclic) bond motifs is 1. The third-order valence-corrected chi connectivity index (χ3v) is 6.66. The van der Waals surface area contributed by atoms with Crippen molar-refractivity contribution >= 4 is 34.1 Å². The van der Waals surface area contributed by atoms with Gasteiger partial charge in [0.25, 0.3) is 0 Å². The average molecular weight is 491 g/mol. The Bertz CT molecular complexity index is 1250. The van der Waals surface area contributed by atoms with E-state index < -0.39 is 0 Å². The van der Waals surface area contributed by atoms with E-state index in [9.17, 15) is 4.79 Å². The summed E-state index contributed by atoms with van der Waals surface area (Å²) in [7, 11) is 0. The number of aryl methyl sites for hydroxylation is 1. The molecule has 1 aromatic carbocycles. The number of carbonyl (C=O) groups is 1. The van der Waals surface area contributed by atoms with Crippen molar-refractivity contribution in [2.75, 3.05) is 4.90 Å². The van der Waals surface area contributed by atoms with Gasteiger partial charge in [0.2, 0.25) is 5.91 Å². The van der Waals surface area contributed by atoms with Gasteiger partial charge in [-0.3, -0.25) is 9.78 Å². The zero-order valence-electron chi connectivity index (χ0n) is 20.3. The van der Waals surface area contributed by atoms with Crippen LogP contribution in [0.15, 0.2) is 61.7 Å². The first-order valence-electron chi connectivity index (χ1n) is 12.0. The fraction of sp³-hybridized carbons (Fsp3) is 0.321. The van der Waals surface area contributed by atoms with Gasteiger partial charge in [0.1, 0.15) is 17.9 Å². The number of hydrogen-bond acceptors (Lipinski definition) is 5. The number of anilines is 1. The number of hydrogen-bond donors (Lipinski definition) is 1. The topological polar surface area (TPSA) is 67.3 Å². The Morgan fingerprint density at radius 1 is 1.31 bits per heavy atom. The summed E-state index contributed by atoms with van der Waals surface area (Å²) in [6, 6.07) is 7.90. The molecule has 182 valence electrons. The molecule has 1 N–H and O–H groups in total. The van der Waals surface area contributed by atoms with Crippen molar-refractivity contribution in [1.29, 1.82) is 0 Å². The molecule has 1 amide bonds. The number of rotatable bonds is 9. The van der Waals surface area contributed by atoms with Gasteiger partial charge in [-0.05, 0) is 44.4 Å². The van der Waals surface area contributed by atoms with Crippen LogP contribution in [0.5, 0.6) is 5.75 Å². The van der Waals surface area contributed by atoms with Gasteiger partial charge in [-0.15, -0.1) is 0 Å². The van der Waals surface area contributed by atoms with Crippen molar-refractivity contribution in [2.45, 2.75) is 52.7 Å². The molecule has 35 heavy (non-hydrogen) atoms. The molecule has 1 aliphatic carbocycles. The second-order valence-electron chi connectivity index (χ2n) is 8.75. The minimum absolute atomic E-state index is 0.100. The molecule has 2 aromatic heterocycles. The second kappa shape index (κ2) is 11.4. The van der Waals surface area contributed by atoms with Crippen LogP contribution in [0, 0.1) is 12.8 Å². The third-order valence-electron chi connectivity index (χ3n) is 6.34. The van der Waals surface area contributed by atoms with Crippen molar-refractivity contribution in [3.63, 3.8) is 0 Å². The molecule has 0 bridgehead atoms. The standard InChI is InChI=1S/C28H31ClN4O2/c1-4-13-33(5-2)25-14-19(3)32-27-22(25)11-8-12-26(27)35-18-23-21(15-30-17-24(23)29)16-31-28(34)20-9-6-7-10-20/h4-5,8,11-15,17,20H,2,6-7,9-10,16,18H2,1,3H3,(H,31,34)/b13-4-. The number of aromatic nitrogens is 2. The van der Waals surface area contributed by atoms with E-state index in [1.165, 1.54) is 0 Å². The van der Waals surface area contributed by atoms with Gasteiger partial charge in [-0.1, -0.05) is 49.2 Å². The Hall–Kier alpha value is -3.38. The lowest BCUT2D eigenvalue weighted by molar-refractivity contribution is -0.124. The first-order valence-corrected chi connectivity index (χ1v) is 12.4. The minimum Gasteiger partial charge on any atom is -0.487 e. The van der Waals surface area contributed by atoms with E-state index in [-0.39, 0.29) is 18.4 Å². The zero-order valence-corrected chi connectivity index (χ0v) is 21.0. The van der Waals surface area contributed by atoms with E-state index in [0.29, 0.717) is 17.3 Å². The Kier molecular flexibility index (Phi) is 8.03. The molecular formula is C28H31ClN4O2. The number of allylic oxidation sites excluding steroid dienone is 1. The predicted octanol–water partition coefficient (Wildman–Crippen LogP) is 6.46. The van der Waals surface area contributed by atoms with Gasteiger partial charge < -0.3 is 15.0 Å². The molecule has 2 heterocycles. The molecule has 1 saturated carbocycles. The highest BCUT2D eigenvalue weighted by Crippen LogP contribution is 2.34. The van der Waals surface area contributed by atoms with E-state index in [0.717, 1.165) is 59.1 Å². The van der Waals surface area contributed by atoms with Crippen LogP contribution in [-0.4, -0.2) is 15.9 Å². The highest BCUT2D eigenvalue weighted by Gasteiger charge is 2.22. The maximum atomic E-state index is 12.5. The van der Waals surface area contributed by atoms with Crippen molar-refractivity contribution in [3.8, 4) is 5.75 Å². The number of halogens is 1. The molecular weight excluding hydrogens is 460 g/mol. The summed E-state index contributed by atoms with van der Waals surface area (Å²) in [5.74, 6) is 0.869. The number of nitrogens with zero attached hydrogens (tertiary/aromatic N) is 3. The Morgan fingerprint density at radius 2 is 2.11 bits per heavy atom. The van der Waals surface area contributed by atoms with Gasteiger partial charge in [0.05, 0.1) is 10.7 Å². The maximum Gasteiger partial charge on any atom is 0.223 e. The quantitative estimate of drug-likeness (QED) is 0.372. The summed E-state index contributed by atoms with van der Waals surface area (Å²) in [4.78, 5) is 23.5. The van der Waals surface area contributed by atoms with Crippen LogP contribution in [-0.2, 0) is 17.9 Å². The number of amides is 1. The van der Waals surface area contributed by atoms with Crippen LogP contribution >= 0.6 is 11.6 Å². The summed E-state index contributed by atoms with van der Waals surface area (Å²) in [5.41, 5.74) is 4.26. The summed E-state index contributed by atoms with van der Waals surface area (Å²) >= 11 is 6.51. The third kappa shape index (κ3) is 5.65. The number of para-hydroxylation sites is 1. The molecule has 0 radical (unpaired) electrons.